The van der Waals surface area contributed by atoms with Crippen LogP contribution in [0, 0.1) is 0 Å². The summed E-state index contributed by atoms with van der Waals surface area (Å²) in [5.41, 5.74) is 2.34. The molecule has 5 nitrogen and oxygen atoms in total. The summed E-state index contributed by atoms with van der Waals surface area (Å²) in [5, 5.41) is 0. The van der Waals surface area contributed by atoms with Gasteiger partial charge in [-0.1, -0.05) is 48.6 Å². The molecule has 0 saturated carbocycles. The predicted molar refractivity (Wildman–Crippen MR) is 109 cm³/mol. The smallest absolute Gasteiger partial charge is 0.231 e. The Hall–Kier alpha value is -2.79. The molecule has 146 valence electrons. The molecular formula is C23H26N2O3. The fourth-order valence-corrected chi connectivity index (χ4v) is 3.59. The quantitative estimate of drug-likeness (QED) is 0.774. The van der Waals surface area contributed by atoms with E-state index in [2.05, 4.69) is 29.2 Å². The minimum absolute atomic E-state index is 0.233. The van der Waals surface area contributed by atoms with Gasteiger partial charge in [0.15, 0.2) is 11.5 Å². The van der Waals surface area contributed by atoms with Gasteiger partial charge in [0, 0.05) is 39.1 Å². The number of nitrogens with zero attached hydrogens (tertiary/aromatic N) is 2. The second-order valence-electron chi connectivity index (χ2n) is 7.18. The first-order valence-corrected chi connectivity index (χ1v) is 9.88. The molecule has 0 aromatic heterocycles. The summed E-state index contributed by atoms with van der Waals surface area (Å²) in [4.78, 5) is 16.9. The Morgan fingerprint density at radius 1 is 0.964 bits per heavy atom. The van der Waals surface area contributed by atoms with Crippen molar-refractivity contribution in [3.8, 4) is 11.5 Å². The van der Waals surface area contributed by atoms with Crippen LogP contribution in [0.15, 0.2) is 54.6 Å². The van der Waals surface area contributed by atoms with E-state index in [4.69, 9.17) is 9.47 Å². The van der Waals surface area contributed by atoms with Crippen LogP contribution in [0.5, 0.6) is 11.5 Å². The van der Waals surface area contributed by atoms with Gasteiger partial charge in [-0.15, -0.1) is 0 Å². The van der Waals surface area contributed by atoms with Gasteiger partial charge in [-0.3, -0.25) is 9.69 Å². The largest absolute Gasteiger partial charge is 0.454 e. The van der Waals surface area contributed by atoms with Crippen LogP contribution >= 0.6 is 0 Å². The van der Waals surface area contributed by atoms with Crippen LogP contribution in [-0.4, -0.2) is 55.2 Å². The first-order valence-electron chi connectivity index (χ1n) is 9.88. The Morgan fingerprint density at radius 3 is 2.57 bits per heavy atom. The molecule has 2 aromatic rings. The van der Waals surface area contributed by atoms with E-state index >= 15 is 0 Å². The predicted octanol–water partition coefficient (Wildman–Crippen LogP) is 3.21. The van der Waals surface area contributed by atoms with Gasteiger partial charge in [0.25, 0.3) is 0 Å². The highest BCUT2D eigenvalue weighted by Gasteiger charge is 2.20. The minimum atomic E-state index is 0.233. The number of aryl methyl sites for hydroxylation is 1. The van der Waals surface area contributed by atoms with Crippen LogP contribution in [0.3, 0.4) is 0 Å². The zero-order valence-electron chi connectivity index (χ0n) is 16.0. The lowest BCUT2D eigenvalue weighted by atomic mass is 10.1. The molecule has 0 radical (unpaired) electrons. The molecule has 28 heavy (non-hydrogen) atoms. The lowest BCUT2D eigenvalue weighted by molar-refractivity contribution is -0.132. The Morgan fingerprint density at radius 2 is 1.75 bits per heavy atom. The number of benzene rings is 2. The molecule has 1 fully saturated rings. The van der Waals surface area contributed by atoms with Crippen molar-refractivity contribution in [1.29, 1.82) is 0 Å². The maximum absolute atomic E-state index is 12.5. The topological polar surface area (TPSA) is 42.0 Å². The van der Waals surface area contributed by atoms with Crippen molar-refractivity contribution in [2.45, 2.75) is 12.8 Å². The molecule has 0 bridgehead atoms. The fourth-order valence-electron chi connectivity index (χ4n) is 3.59. The first-order chi connectivity index (χ1) is 13.8. The Balaban J connectivity index is 1.19. The van der Waals surface area contributed by atoms with Crippen molar-refractivity contribution in [1.82, 2.24) is 9.80 Å². The molecule has 2 aliphatic rings. The van der Waals surface area contributed by atoms with Crippen LogP contribution in [0.25, 0.3) is 6.08 Å². The standard InChI is InChI=1S/C23H26N2O3/c26-23(11-9-20-8-10-21-22(17-20)28-18-27-21)25-15-13-24(14-16-25)12-4-7-19-5-2-1-3-6-19/h1-8,10,17H,9,11-16,18H2. The Labute approximate surface area is 166 Å². The monoisotopic (exact) mass is 378 g/mol. The SMILES string of the molecule is O=C(CCc1ccc2c(c1)OCO2)N1CCN(CC=Cc2ccccc2)CC1. The van der Waals surface area contributed by atoms with Gasteiger partial charge in [0.05, 0.1) is 0 Å². The second-order valence-corrected chi connectivity index (χ2v) is 7.18. The maximum Gasteiger partial charge on any atom is 0.231 e. The van der Waals surface area contributed by atoms with Gasteiger partial charge >= 0.3 is 0 Å². The van der Waals surface area contributed by atoms with Crippen molar-refractivity contribution in [3.63, 3.8) is 0 Å². The highest BCUT2D eigenvalue weighted by Crippen LogP contribution is 2.32. The van der Waals surface area contributed by atoms with Gasteiger partial charge < -0.3 is 14.4 Å². The average Bonchev–Trinajstić information content (AvgIpc) is 3.21. The summed E-state index contributed by atoms with van der Waals surface area (Å²) in [6.45, 7) is 4.67. The number of hydrogen-bond donors (Lipinski definition) is 0. The summed E-state index contributed by atoms with van der Waals surface area (Å²) in [5.74, 6) is 1.80. The van der Waals surface area contributed by atoms with E-state index in [0.717, 1.165) is 56.2 Å². The molecule has 2 heterocycles. The van der Waals surface area contributed by atoms with E-state index in [0.29, 0.717) is 6.42 Å². The van der Waals surface area contributed by atoms with Crippen molar-refractivity contribution in [3.05, 3.63) is 65.7 Å². The molecule has 2 aromatic carbocycles. The second kappa shape index (κ2) is 8.93. The van der Waals surface area contributed by atoms with E-state index in [-0.39, 0.29) is 12.7 Å². The number of carbonyl (C=O) groups excluding carboxylic acids is 1. The molecule has 0 spiro atoms. The van der Waals surface area contributed by atoms with Crippen molar-refractivity contribution in [2.24, 2.45) is 0 Å². The number of rotatable bonds is 6. The van der Waals surface area contributed by atoms with Gasteiger partial charge in [-0.25, -0.2) is 0 Å². The minimum Gasteiger partial charge on any atom is -0.454 e. The molecule has 0 aliphatic carbocycles. The van der Waals surface area contributed by atoms with Crippen LogP contribution in [0.1, 0.15) is 17.5 Å². The molecule has 2 aliphatic heterocycles. The molecule has 1 saturated heterocycles. The molecule has 5 heteroatoms. The van der Waals surface area contributed by atoms with Crippen LogP contribution in [0.2, 0.25) is 0 Å². The van der Waals surface area contributed by atoms with Gasteiger partial charge in [0.1, 0.15) is 0 Å². The number of carbonyl (C=O) groups is 1. The summed E-state index contributed by atoms with van der Waals surface area (Å²) in [6.07, 6.45) is 5.62. The number of fused-ring (bicyclic) bond motifs is 1. The number of amides is 1. The molecule has 4 rings (SSSR count). The molecule has 0 unspecified atom stereocenters. The zero-order valence-corrected chi connectivity index (χ0v) is 16.0. The van der Waals surface area contributed by atoms with Crippen molar-refractivity contribution < 1.29 is 14.3 Å². The average molecular weight is 378 g/mol. The third kappa shape index (κ3) is 4.73. The first kappa shape index (κ1) is 18.6. The summed E-state index contributed by atoms with van der Waals surface area (Å²) < 4.78 is 10.7. The number of ether oxygens (including phenoxy) is 2. The van der Waals surface area contributed by atoms with E-state index in [1.165, 1.54) is 5.56 Å². The van der Waals surface area contributed by atoms with E-state index < -0.39 is 0 Å². The van der Waals surface area contributed by atoms with Crippen molar-refractivity contribution in [2.75, 3.05) is 39.5 Å². The molecule has 0 atom stereocenters. The van der Waals surface area contributed by atoms with E-state index in [1.807, 2.05) is 41.3 Å². The maximum atomic E-state index is 12.5. The zero-order chi connectivity index (χ0) is 19.2. The van der Waals surface area contributed by atoms with E-state index in [9.17, 15) is 4.79 Å². The van der Waals surface area contributed by atoms with E-state index in [1.54, 1.807) is 0 Å². The summed E-state index contributed by atoms with van der Waals surface area (Å²) >= 11 is 0. The third-order valence-electron chi connectivity index (χ3n) is 5.26. The molecule has 0 N–H and O–H groups in total. The fraction of sp³-hybridized carbons (Fsp3) is 0.348. The molecule has 1 amide bonds. The van der Waals surface area contributed by atoms with Gasteiger partial charge in [-0.05, 0) is 29.7 Å². The van der Waals surface area contributed by atoms with Crippen LogP contribution < -0.4 is 9.47 Å². The highest BCUT2D eigenvalue weighted by atomic mass is 16.7. The Bertz CT molecular complexity index is 827. The van der Waals surface area contributed by atoms with Crippen LogP contribution in [-0.2, 0) is 11.2 Å². The lowest BCUT2D eigenvalue weighted by Gasteiger charge is -2.34. The highest BCUT2D eigenvalue weighted by molar-refractivity contribution is 5.76. The lowest BCUT2D eigenvalue weighted by Crippen LogP contribution is -2.48. The van der Waals surface area contributed by atoms with Gasteiger partial charge in [0.2, 0.25) is 12.7 Å². The normalized spacial score (nSPS) is 16.6. The number of hydrogen-bond acceptors (Lipinski definition) is 4. The molecular weight excluding hydrogens is 352 g/mol. The van der Waals surface area contributed by atoms with Crippen molar-refractivity contribution >= 4 is 12.0 Å². The number of piperazine rings is 1. The Kier molecular flexibility index (Phi) is 5.92. The van der Waals surface area contributed by atoms with Gasteiger partial charge in [-0.2, -0.15) is 0 Å². The summed E-state index contributed by atoms with van der Waals surface area (Å²) in [6, 6.07) is 16.2. The van der Waals surface area contributed by atoms with Crippen LogP contribution in [0.4, 0.5) is 0 Å². The third-order valence-corrected chi connectivity index (χ3v) is 5.26. The summed E-state index contributed by atoms with van der Waals surface area (Å²) in [7, 11) is 0.